The van der Waals surface area contributed by atoms with Gasteiger partial charge in [-0.05, 0) is 26.0 Å². The van der Waals surface area contributed by atoms with E-state index in [-0.39, 0.29) is 11.5 Å². The molecule has 0 saturated heterocycles. The Hall–Kier alpha value is -2.35. The van der Waals surface area contributed by atoms with Gasteiger partial charge in [-0.3, -0.25) is 4.79 Å². The van der Waals surface area contributed by atoms with Crippen LogP contribution in [0.15, 0.2) is 54.6 Å². The van der Waals surface area contributed by atoms with Gasteiger partial charge >= 0.3 is 0 Å². The third kappa shape index (κ3) is 3.32. The predicted octanol–water partition coefficient (Wildman–Crippen LogP) is 4.09. The van der Waals surface area contributed by atoms with Crippen LogP contribution in [0, 0.1) is 13.8 Å². The predicted molar refractivity (Wildman–Crippen MR) is 77.3 cm³/mol. The van der Waals surface area contributed by atoms with Gasteiger partial charge in [-0.25, -0.2) is 0 Å². The fourth-order valence-corrected chi connectivity index (χ4v) is 1.89. The molecule has 0 bridgehead atoms. The molecule has 1 N–H and O–H groups in total. The molecule has 0 saturated carbocycles. The molecule has 0 radical (unpaired) electrons. The molecule has 2 nitrogen and oxygen atoms in total. The maximum Gasteiger partial charge on any atom is 0.189 e. The number of aliphatic hydroxyl groups is 1. The van der Waals surface area contributed by atoms with Gasteiger partial charge in [0.05, 0.1) is 0 Å². The van der Waals surface area contributed by atoms with E-state index < -0.39 is 0 Å². The first kappa shape index (κ1) is 13.1. The zero-order chi connectivity index (χ0) is 13.8. The van der Waals surface area contributed by atoms with E-state index in [9.17, 15) is 9.90 Å². The van der Waals surface area contributed by atoms with Crippen molar-refractivity contribution in [2.45, 2.75) is 13.8 Å². The van der Waals surface area contributed by atoms with Crippen molar-refractivity contribution in [3.63, 3.8) is 0 Å². The van der Waals surface area contributed by atoms with Crippen LogP contribution in [0.2, 0.25) is 0 Å². The van der Waals surface area contributed by atoms with Crippen LogP contribution in [0.5, 0.6) is 0 Å². The highest BCUT2D eigenvalue weighted by Crippen LogP contribution is 2.15. The number of rotatable bonds is 3. The normalized spacial score (nSPS) is 11.4. The van der Waals surface area contributed by atoms with Crippen molar-refractivity contribution in [1.82, 2.24) is 0 Å². The molecule has 0 atom stereocenters. The summed E-state index contributed by atoms with van der Waals surface area (Å²) in [5, 5.41) is 9.99. The zero-order valence-corrected chi connectivity index (χ0v) is 11.1. The van der Waals surface area contributed by atoms with Gasteiger partial charge in [0.25, 0.3) is 0 Å². The summed E-state index contributed by atoms with van der Waals surface area (Å²) in [6, 6.07) is 14.7. The maximum atomic E-state index is 12.0. The zero-order valence-electron chi connectivity index (χ0n) is 11.1. The quantitative estimate of drug-likeness (QED) is 0.507. The van der Waals surface area contributed by atoms with Gasteiger partial charge in [-0.2, -0.15) is 0 Å². The first-order valence-electron chi connectivity index (χ1n) is 6.15. The first-order valence-corrected chi connectivity index (χ1v) is 6.15. The molecule has 96 valence electrons. The van der Waals surface area contributed by atoms with Gasteiger partial charge in [0, 0.05) is 17.2 Å². The molecule has 2 rings (SSSR count). The molecule has 2 aromatic carbocycles. The Labute approximate surface area is 113 Å². The second kappa shape index (κ2) is 5.53. The molecule has 0 spiro atoms. The lowest BCUT2D eigenvalue weighted by atomic mass is 10.0. The monoisotopic (exact) mass is 252 g/mol. The highest BCUT2D eigenvalue weighted by atomic mass is 16.3. The van der Waals surface area contributed by atoms with Crippen molar-refractivity contribution in [2.24, 2.45) is 0 Å². The second-order valence-electron chi connectivity index (χ2n) is 4.63. The van der Waals surface area contributed by atoms with E-state index in [4.69, 9.17) is 0 Å². The number of hydrogen-bond donors (Lipinski definition) is 1. The number of carbonyl (C=O) groups is 1. The molecule has 2 heteroatoms. The van der Waals surface area contributed by atoms with E-state index in [1.54, 1.807) is 12.1 Å². The molecule has 0 aliphatic rings. The van der Waals surface area contributed by atoms with Crippen LogP contribution in [-0.2, 0) is 0 Å². The van der Waals surface area contributed by atoms with Crippen molar-refractivity contribution in [3.8, 4) is 0 Å². The molecule has 0 fully saturated rings. The van der Waals surface area contributed by atoms with E-state index in [0.29, 0.717) is 11.1 Å². The molecular formula is C17H16O2. The molecule has 0 amide bonds. The highest BCUT2D eigenvalue weighted by molar-refractivity contribution is 6.07. The summed E-state index contributed by atoms with van der Waals surface area (Å²) in [6.07, 6.45) is 1.27. The number of hydrogen-bond acceptors (Lipinski definition) is 2. The average molecular weight is 252 g/mol. The maximum absolute atomic E-state index is 12.0. The Morgan fingerprint density at radius 1 is 0.947 bits per heavy atom. The lowest BCUT2D eigenvalue weighted by molar-refractivity contribution is 0.104. The van der Waals surface area contributed by atoms with Crippen LogP contribution >= 0.6 is 0 Å². The van der Waals surface area contributed by atoms with E-state index in [0.717, 1.165) is 11.1 Å². The summed E-state index contributed by atoms with van der Waals surface area (Å²) in [4.78, 5) is 12.0. The van der Waals surface area contributed by atoms with Gasteiger partial charge in [-0.1, -0.05) is 47.5 Å². The molecule has 0 unspecified atom stereocenters. The minimum atomic E-state index is -0.192. The smallest absolute Gasteiger partial charge is 0.189 e. The molecule has 0 heterocycles. The number of carbonyl (C=O) groups excluding carboxylic acids is 1. The number of allylic oxidation sites excluding steroid dienone is 1. The van der Waals surface area contributed by atoms with E-state index >= 15 is 0 Å². The van der Waals surface area contributed by atoms with E-state index in [1.807, 2.05) is 50.2 Å². The van der Waals surface area contributed by atoms with Crippen molar-refractivity contribution in [1.29, 1.82) is 0 Å². The summed E-state index contributed by atoms with van der Waals surface area (Å²) in [7, 11) is 0. The van der Waals surface area contributed by atoms with Crippen molar-refractivity contribution < 1.29 is 9.90 Å². The van der Waals surface area contributed by atoms with Gasteiger partial charge in [-0.15, -0.1) is 0 Å². The van der Waals surface area contributed by atoms with Crippen LogP contribution in [-0.4, -0.2) is 10.9 Å². The average Bonchev–Trinajstić information content (AvgIpc) is 2.38. The second-order valence-corrected chi connectivity index (χ2v) is 4.63. The van der Waals surface area contributed by atoms with Crippen LogP contribution in [0.3, 0.4) is 0 Å². The Bertz CT molecular complexity index is 639. The Kier molecular flexibility index (Phi) is 3.81. The Morgan fingerprint density at radius 3 is 2.05 bits per heavy atom. The van der Waals surface area contributed by atoms with Gasteiger partial charge in [0.1, 0.15) is 5.76 Å². The first-order chi connectivity index (χ1) is 9.06. The van der Waals surface area contributed by atoms with Crippen molar-refractivity contribution >= 4 is 11.5 Å². The number of aryl methyl sites for hydroxylation is 2. The molecule has 19 heavy (non-hydrogen) atoms. The summed E-state index contributed by atoms with van der Waals surface area (Å²) >= 11 is 0. The Morgan fingerprint density at radius 2 is 1.47 bits per heavy atom. The number of benzene rings is 2. The van der Waals surface area contributed by atoms with E-state index in [1.165, 1.54) is 6.08 Å². The SMILES string of the molecule is Cc1cccc(C(=O)/C=C(\O)c2cccc(C)c2)c1. The third-order valence-corrected chi connectivity index (χ3v) is 2.88. The van der Waals surface area contributed by atoms with Gasteiger partial charge in [0.15, 0.2) is 5.78 Å². The van der Waals surface area contributed by atoms with Crippen LogP contribution in [0.1, 0.15) is 27.0 Å². The fourth-order valence-electron chi connectivity index (χ4n) is 1.89. The van der Waals surface area contributed by atoms with Crippen molar-refractivity contribution in [3.05, 3.63) is 76.9 Å². The minimum absolute atomic E-state index is 0.00444. The molecule has 0 aliphatic carbocycles. The fraction of sp³-hybridized carbons (Fsp3) is 0.118. The number of ketones is 1. The highest BCUT2D eigenvalue weighted by Gasteiger charge is 2.06. The third-order valence-electron chi connectivity index (χ3n) is 2.88. The van der Waals surface area contributed by atoms with Crippen molar-refractivity contribution in [2.75, 3.05) is 0 Å². The molecular weight excluding hydrogens is 236 g/mol. The lowest BCUT2D eigenvalue weighted by Crippen LogP contribution is -1.97. The van der Waals surface area contributed by atoms with Crippen LogP contribution < -0.4 is 0 Å². The summed E-state index contributed by atoms with van der Waals surface area (Å²) in [6.45, 7) is 3.88. The van der Waals surface area contributed by atoms with Crippen LogP contribution in [0.4, 0.5) is 0 Å². The summed E-state index contributed by atoms with van der Waals surface area (Å²) in [5.74, 6) is -0.196. The van der Waals surface area contributed by atoms with Gasteiger partial charge < -0.3 is 5.11 Å². The summed E-state index contributed by atoms with van der Waals surface area (Å²) < 4.78 is 0. The van der Waals surface area contributed by atoms with Crippen LogP contribution in [0.25, 0.3) is 5.76 Å². The molecule has 2 aromatic rings. The number of aliphatic hydroxyl groups excluding tert-OH is 1. The lowest BCUT2D eigenvalue weighted by Gasteiger charge is -2.02. The standard InChI is InChI=1S/C17H16O2/c1-12-5-3-7-14(9-12)16(18)11-17(19)15-8-4-6-13(2)10-15/h3-11,18H,1-2H3/b16-11-. The molecule has 0 aromatic heterocycles. The molecule has 0 aliphatic heterocycles. The topological polar surface area (TPSA) is 37.3 Å². The summed E-state index contributed by atoms with van der Waals surface area (Å²) in [5.41, 5.74) is 3.30. The minimum Gasteiger partial charge on any atom is -0.507 e. The Balaban J connectivity index is 2.28. The van der Waals surface area contributed by atoms with E-state index in [2.05, 4.69) is 0 Å². The largest absolute Gasteiger partial charge is 0.507 e. The van der Waals surface area contributed by atoms with Gasteiger partial charge in [0.2, 0.25) is 0 Å².